The summed E-state index contributed by atoms with van der Waals surface area (Å²) < 4.78 is 0. The fourth-order valence-corrected chi connectivity index (χ4v) is 2.93. The largest absolute Gasteiger partial charge is 0.370 e. The third-order valence-corrected chi connectivity index (χ3v) is 4.10. The SMILES string of the molecule is CC(C)CC(C(N)=O)[C@H](CC(C)C)C(=O)N[C@H](C=O)CCCN=C(N)N. The molecule has 3 atom stereocenters. The van der Waals surface area contributed by atoms with Crippen molar-refractivity contribution in [2.24, 2.45) is 45.9 Å². The number of aldehydes is 1. The molecule has 1 unspecified atom stereocenters. The van der Waals surface area contributed by atoms with Gasteiger partial charge in [-0.2, -0.15) is 0 Å². The topological polar surface area (TPSA) is 154 Å². The highest BCUT2D eigenvalue weighted by Crippen LogP contribution is 2.27. The van der Waals surface area contributed by atoms with Crippen molar-refractivity contribution < 1.29 is 14.4 Å². The number of aliphatic imine (C=N–C) groups is 1. The Kier molecular flexibility index (Phi) is 11.3. The lowest BCUT2D eigenvalue weighted by Crippen LogP contribution is -2.45. The molecule has 0 aromatic heterocycles. The van der Waals surface area contributed by atoms with Gasteiger partial charge in [0.15, 0.2) is 5.96 Å². The monoisotopic (exact) mass is 369 g/mol. The van der Waals surface area contributed by atoms with Crippen molar-refractivity contribution in [2.75, 3.05) is 6.54 Å². The highest BCUT2D eigenvalue weighted by molar-refractivity contribution is 5.88. The van der Waals surface area contributed by atoms with E-state index < -0.39 is 23.8 Å². The minimum Gasteiger partial charge on any atom is -0.370 e. The third kappa shape index (κ3) is 10.0. The lowest BCUT2D eigenvalue weighted by Gasteiger charge is -2.28. The van der Waals surface area contributed by atoms with E-state index in [1.54, 1.807) is 0 Å². The van der Waals surface area contributed by atoms with Crippen LogP contribution in [0.5, 0.6) is 0 Å². The molecular weight excluding hydrogens is 334 g/mol. The summed E-state index contributed by atoms with van der Waals surface area (Å²) in [6, 6.07) is -0.640. The molecule has 0 saturated heterocycles. The summed E-state index contributed by atoms with van der Waals surface area (Å²) in [5.41, 5.74) is 16.1. The quantitative estimate of drug-likeness (QED) is 0.161. The van der Waals surface area contributed by atoms with Crippen LogP contribution in [-0.2, 0) is 14.4 Å². The van der Waals surface area contributed by atoms with Crippen LogP contribution in [0.15, 0.2) is 4.99 Å². The average molecular weight is 370 g/mol. The van der Waals surface area contributed by atoms with Crippen molar-refractivity contribution in [3.8, 4) is 0 Å². The smallest absolute Gasteiger partial charge is 0.224 e. The molecule has 0 bridgehead atoms. The number of rotatable bonds is 13. The van der Waals surface area contributed by atoms with Crippen molar-refractivity contribution in [3.05, 3.63) is 0 Å². The summed E-state index contributed by atoms with van der Waals surface area (Å²) in [4.78, 5) is 39.9. The molecule has 8 heteroatoms. The molecule has 0 aromatic rings. The molecule has 0 radical (unpaired) electrons. The van der Waals surface area contributed by atoms with Gasteiger partial charge < -0.3 is 27.3 Å². The van der Waals surface area contributed by atoms with E-state index in [4.69, 9.17) is 17.2 Å². The number of amides is 2. The van der Waals surface area contributed by atoms with E-state index in [-0.39, 0.29) is 23.7 Å². The number of primary amides is 1. The van der Waals surface area contributed by atoms with Gasteiger partial charge >= 0.3 is 0 Å². The summed E-state index contributed by atoms with van der Waals surface area (Å²) in [6.07, 6.45) is 2.75. The minimum absolute atomic E-state index is 0.00771. The van der Waals surface area contributed by atoms with Crippen LogP contribution in [0, 0.1) is 23.7 Å². The van der Waals surface area contributed by atoms with Gasteiger partial charge in [0.05, 0.1) is 6.04 Å². The van der Waals surface area contributed by atoms with Gasteiger partial charge in [-0.1, -0.05) is 27.7 Å². The Morgan fingerprint density at radius 1 is 1.00 bits per heavy atom. The number of hydrogen-bond donors (Lipinski definition) is 4. The number of carbonyl (C=O) groups excluding carboxylic acids is 3. The summed E-state index contributed by atoms with van der Waals surface area (Å²) in [7, 11) is 0. The van der Waals surface area contributed by atoms with Gasteiger partial charge in [-0.3, -0.25) is 14.6 Å². The van der Waals surface area contributed by atoms with Crippen LogP contribution >= 0.6 is 0 Å². The minimum atomic E-state index is -0.640. The van der Waals surface area contributed by atoms with E-state index in [0.717, 1.165) is 0 Å². The predicted octanol–water partition coefficient (Wildman–Crippen LogP) is 0.534. The number of hydrogen-bond acceptors (Lipinski definition) is 4. The molecule has 0 aliphatic heterocycles. The first-order chi connectivity index (χ1) is 12.1. The van der Waals surface area contributed by atoms with Gasteiger partial charge in [0, 0.05) is 18.4 Å². The fraction of sp³-hybridized carbons (Fsp3) is 0.778. The summed E-state index contributed by atoms with van der Waals surface area (Å²) >= 11 is 0. The third-order valence-electron chi connectivity index (χ3n) is 4.10. The highest BCUT2D eigenvalue weighted by atomic mass is 16.2. The number of carbonyl (C=O) groups is 3. The van der Waals surface area contributed by atoms with Crippen LogP contribution in [0.4, 0.5) is 0 Å². The van der Waals surface area contributed by atoms with Crippen molar-refractivity contribution in [1.82, 2.24) is 5.32 Å². The van der Waals surface area contributed by atoms with E-state index in [0.29, 0.717) is 38.5 Å². The van der Waals surface area contributed by atoms with E-state index in [1.807, 2.05) is 27.7 Å². The zero-order valence-corrected chi connectivity index (χ0v) is 16.4. The second-order valence-corrected chi connectivity index (χ2v) is 7.57. The van der Waals surface area contributed by atoms with Crippen LogP contribution in [0.1, 0.15) is 53.4 Å². The molecule has 7 N–H and O–H groups in total. The van der Waals surface area contributed by atoms with Gasteiger partial charge in [0.25, 0.3) is 0 Å². The molecular formula is C18H35N5O3. The second-order valence-electron chi connectivity index (χ2n) is 7.57. The molecule has 0 fully saturated rings. The molecule has 0 spiro atoms. The van der Waals surface area contributed by atoms with Crippen LogP contribution < -0.4 is 22.5 Å². The Labute approximate surface area is 156 Å². The standard InChI is InChI=1S/C18H35N5O3/c1-11(2)8-14(16(19)25)15(9-12(3)4)17(26)23-13(10-24)6-5-7-22-18(20)21/h10-15H,5-9H2,1-4H3,(H2,19,25)(H,23,26)(H4,20,21,22)/t13-,14?,15-/m0/s1. The number of nitrogens with one attached hydrogen (secondary N) is 1. The van der Waals surface area contributed by atoms with Crippen LogP contribution in [0.2, 0.25) is 0 Å². The van der Waals surface area contributed by atoms with Gasteiger partial charge in [-0.15, -0.1) is 0 Å². The lowest BCUT2D eigenvalue weighted by atomic mass is 9.79. The number of nitrogens with zero attached hydrogens (tertiary/aromatic N) is 1. The highest BCUT2D eigenvalue weighted by Gasteiger charge is 2.34. The normalized spacial score (nSPS) is 14.5. The molecule has 0 aromatic carbocycles. The molecule has 150 valence electrons. The van der Waals surface area contributed by atoms with Crippen LogP contribution in [0.3, 0.4) is 0 Å². The van der Waals surface area contributed by atoms with Crippen molar-refractivity contribution >= 4 is 24.1 Å². The maximum absolute atomic E-state index is 12.8. The van der Waals surface area contributed by atoms with Crippen LogP contribution in [0.25, 0.3) is 0 Å². The maximum atomic E-state index is 12.8. The molecule has 0 aliphatic carbocycles. The first-order valence-corrected chi connectivity index (χ1v) is 9.18. The molecule has 0 heterocycles. The molecule has 2 amide bonds. The zero-order valence-electron chi connectivity index (χ0n) is 16.4. The molecule has 0 saturated carbocycles. The van der Waals surface area contributed by atoms with Crippen LogP contribution in [-0.4, -0.2) is 36.6 Å². The zero-order chi connectivity index (χ0) is 20.3. The lowest BCUT2D eigenvalue weighted by molar-refractivity contribution is -0.135. The molecule has 8 nitrogen and oxygen atoms in total. The number of guanidine groups is 1. The summed E-state index contributed by atoms with van der Waals surface area (Å²) in [6.45, 7) is 8.33. The van der Waals surface area contributed by atoms with Crippen molar-refractivity contribution in [3.63, 3.8) is 0 Å². The van der Waals surface area contributed by atoms with E-state index in [1.165, 1.54) is 0 Å². The average Bonchev–Trinajstić information content (AvgIpc) is 2.52. The Hall–Kier alpha value is -2.12. The second kappa shape index (κ2) is 12.3. The first kappa shape index (κ1) is 23.9. The van der Waals surface area contributed by atoms with Gasteiger partial charge in [-0.05, 0) is 37.5 Å². The van der Waals surface area contributed by atoms with Crippen molar-refractivity contribution in [1.29, 1.82) is 0 Å². The van der Waals surface area contributed by atoms with Gasteiger partial charge in [0.1, 0.15) is 6.29 Å². The Morgan fingerprint density at radius 2 is 1.54 bits per heavy atom. The first-order valence-electron chi connectivity index (χ1n) is 9.18. The molecule has 26 heavy (non-hydrogen) atoms. The molecule has 0 aliphatic rings. The van der Waals surface area contributed by atoms with E-state index in [2.05, 4.69) is 10.3 Å². The predicted molar refractivity (Wildman–Crippen MR) is 103 cm³/mol. The van der Waals surface area contributed by atoms with E-state index in [9.17, 15) is 14.4 Å². The maximum Gasteiger partial charge on any atom is 0.224 e. The van der Waals surface area contributed by atoms with Gasteiger partial charge in [-0.25, -0.2) is 0 Å². The molecule has 0 rings (SSSR count). The van der Waals surface area contributed by atoms with Crippen molar-refractivity contribution in [2.45, 2.75) is 59.4 Å². The fourth-order valence-electron chi connectivity index (χ4n) is 2.93. The Bertz CT molecular complexity index is 487. The summed E-state index contributed by atoms with van der Waals surface area (Å²) in [5.74, 6) is -1.43. The Balaban J connectivity index is 5.05. The number of nitrogens with two attached hydrogens (primary N) is 3. The summed E-state index contributed by atoms with van der Waals surface area (Å²) in [5, 5.41) is 2.74. The Morgan fingerprint density at radius 3 is 1.96 bits per heavy atom. The van der Waals surface area contributed by atoms with E-state index >= 15 is 0 Å². The van der Waals surface area contributed by atoms with Gasteiger partial charge in [0.2, 0.25) is 11.8 Å².